The lowest BCUT2D eigenvalue weighted by Gasteiger charge is -2.03. The highest BCUT2D eigenvalue weighted by atomic mass is 14.9. The van der Waals surface area contributed by atoms with E-state index in [9.17, 15) is 0 Å². The molecule has 0 radical (unpaired) electrons. The van der Waals surface area contributed by atoms with Crippen LogP contribution in [0.25, 0.3) is 0 Å². The van der Waals surface area contributed by atoms with Gasteiger partial charge in [0.05, 0.1) is 0 Å². The second-order valence-corrected chi connectivity index (χ2v) is 4.54. The summed E-state index contributed by atoms with van der Waals surface area (Å²) < 4.78 is 0. The molecule has 0 atom stereocenters. The fraction of sp³-hybridized carbons (Fsp3) is 1.00. The third-order valence-corrected chi connectivity index (χ3v) is 3.53. The number of rotatable bonds is 2. The lowest BCUT2D eigenvalue weighted by molar-refractivity contribution is 0.582. The van der Waals surface area contributed by atoms with Gasteiger partial charge in [-0.25, -0.2) is 0 Å². The Labute approximate surface area is 103 Å². The van der Waals surface area contributed by atoms with E-state index in [1.165, 1.54) is 51.4 Å². The van der Waals surface area contributed by atoms with E-state index in [0.717, 1.165) is 12.1 Å². The van der Waals surface area contributed by atoms with Crippen LogP contribution in [0.2, 0.25) is 0 Å². The Hall–Kier alpha value is -0.0800. The van der Waals surface area contributed by atoms with Crippen LogP contribution >= 0.6 is 0 Å². The molecule has 2 rings (SSSR count). The van der Waals surface area contributed by atoms with E-state index in [0.29, 0.717) is 0 Å². The molecule has 2 fully saturated rings. The molecule has 2 nitrogen and oxygen atoms in total. The van der Waals surface area contributed by atoms with Gasteiger partial charge in [0.25, 0.3) is 0 Å². The summed E-state index contributed by atoms with van der Waals surface area (Å²) in [6.07, 6.45) is 11.3. The molecular formula is C14H32N2. The molecule has 0 unspecified atom stereocenters. The Morgan fingerprint density at radius 1 is 0.625 bits per heavy atom. The molecule has 2 saturated carbocycles. The maximum absolute atomic E-state index is 3.26. The van der Waals surface area contributed by atoms with Gasteiger partial charge in [-0.15, -0.1) is 0 Å². The number of hydrogen-bond donors (Lipinski definition) is 2. The van der Waals surface area contributed by atoms with Crippen LogP contribution in [0, 0.1) is 0 Å². The first-order valence-electron chi connectivity index (χ1n) is 7.21. The zero-order valence-corrected chi connectivity index (χ0v) is 11.8. The Kier molecular flexibility index (Phi) is 11.3. The lowest BCUT2D eigenvalue weighted by Crippen LogP contribution is -2.20. The molecule has 0 heterocycles. The summed E-state index contributed by atoms with van der Waals surface area (Å²) in [6.45, 7) is 4.00. The van der Waals surface area contributed by atoms with Gasteiger partial charge in [-0.1, -0.05) is 39.5 Å². The lowest BCUT2D eigenvalue weighted by atomic mass is 10.3. The van der Waals surface area contributed by atoms with Crippen LogP contribution in [0.1, 0.15) is 65.2 Å². The third kappa shape index (κ3) is 7.24. The van der Waals surface area contributed by atoms with Gasteiger partial charge in [-0.05, 0) is 39.8 Å². The van der Waals surface area contributed by atoms with Crippen LogP contribution in [0.5, 0.6) is 0 Å². The van der Waals surface area contributed by atoms with Crippen molar-refractivity contribution < 1.29 is 0 Å². The summed E-state index contributed by atoms with van der Waals surface area (Å²) in [5, 5.41) is 6.53. The van der Waals surface area contributed by atoms with Crippen molar-refractivity contribution in [2.24, 2.45) is 0 Å². The van der Waals surface area contributed by atoms with E-state index in [-0.39, 0.29) is 0 Å². The molecule has 2 N–H and O–H groups in total. The van der Waals surface area contributed by atoms with Crippen molar-refractivity contribution in [3.05, 3.63) is 0 Å². The average molecular weight is 228 g/mol. The quantitative estimate of drug-likeness (QED) is 0.757. The predicted octanol–water partition coefficient (Wildman–Crippen LogP) is 3.32. The second-order valence-electron chi connectivity index (χ2n) is 4.54. The van der Waals surface area contributed by atoms with Gasteiger partial charge in [0.2, 0.25) is 0 Å². The summed E-state index contributed by atoms with van der Waals surface area (Å²) in [6, 6.07) is 1.69. The highest BCUT2D eigenvalue weighted by Gasteiger charge is 2.11. The highest BCUT2D eigenvalue weighted by Crippen LogP contribution is 2.17. The van der Waals surface area contributed by atoms with Gasteiger partial charge in [-0.2, -0.15) is 0 Å². The summed E-state index contributed by atoms with van der Waals surface area (Å²) in [5.41, 5.74) is 0. The van der Waals surface area contributed by atoms with Gasteiger partial charge in [-0.3, -0.25) is 0 Å². The van der Waals surface area contributed by atoms with Crippen molar-refractivity contribution in [3.8, 4) is 0 Å². The molecule has 98 valence electrons. The zero-order chi connectivity index (χ0) is 12.2. The van der Waals surface area contributed by atoms with Crippen molar-refractivity contribution in [2.45, 2.75) is 77.3 Å². The van der Waals surface area contributed by atoms with Gasteiger partial charge in [0.15, 0.2) is 0 Å². The molecule has 2 aliphatic carbocycles. The Morgan fingerprint density at radius 3 is 1.00 bits per heavy atom. The molecule has 2 heteroatoms. The molecule has 0 aromatic heterocycles. The monoisotopic (exact) mass is 228 g/mol. The minimum Gasteiger partial charge on any atom is -0.317 e. The largest absolute Gasteiger partial charge is 0.317 e. The van der Waals surface area contributed by atoms with Crippen molar-refractivity contribution in [1.82, 2.24) is 10.6 Å². The molecule has 0 aromatic rings. The molecule has 0 aliphatic heterocycles. The van der Waals surface area contributed by atoms with E-state index in [4.69, 9.17) is 0 Å². The standard InChI is InChI=1S/2C6H13N.C2H6/c2*1-7-6-4-2-3-5-6;1-2/h2*6-7H,2-5H2,1H3;1-2H3. The summed E-state index contributed by atoms with van der Waals surface area (Å²) in [7, 11) is 4.10. The molecular weight excluding hydrogens is 196 g/mol. The molecule has 0 saturated heterocycles. The van der Waals surface area contributed by atoms with E-state index in [2.05, 4.69) is 24.7 Å². The minimum absolute atomic E-state index is 0.847. The van der Waals surface area contributed by atoms with Crippen LogP contribution < -0.4 is 10.6 Å². The molecule has 16 heavy (non-hydrogen) atoms. The topological polar surface area (TPSA) is 24.1 Å². The Balaban J connectivity index is 0.000000244. The SMILES string of the molecule is CC.CNC1CCCC1.CNC1CCCC1. The average Bonchev–Trinajstić information content (AvgIpc) is 3.05. The first-order chi connectivity index (χ1) is 7.86. The van der Waals surface area contributed by atoms with Gasteiger partial charge < -0.3 is 10.6 Å². The number of hydrogen-bond acceptors (Lipinski definition) is 2. The Bertz CT molecular complexity index is 109. The molecule has 2 aliphatic rings. The normalized spacial score (nSPS) is 21.0. The smallest absolute Gasteiger partial charge is 0.00640 e. The number of nitrogens with one attached hydrogen (secondary N) is 2. The molecule has 0 spiro atoms. The summed E-state index contributed by atoms with van der Waals surface area (Å²) >= 11 is 0. The van der Waals surface area contributed by atoms with Crippen LogP contribution in [0.4, 0.5) is 0 Å². The van der Waals surface area contributed by atoms with Crippen molar-refractivity contribution in [2.75, 3.05) is 14.1 Å². The van der Waals surface area contributed by atoms with Crippen molar-refractivity contribution in [1.29, 1.82) is 0 Å². The molecule has 0 bridgehead atoms. The summed E-state index contributed by atoms with van der Waals surface area (Å²) in [5.74, 6) is 0. The van der Waals surface area contributed by atoms with E-state index in [1.807, 2.05) is 13.8 Å². The van der Waals surface area contributed by atoms with Gasteiger partial charge in [0, 0.05) is 12.1 Å². The zero-order valence-electron chi connectivity index (χ0n) is 11.8. The van der Waals surface area contributed by atoms with Crippen LogP contribution in [-0.4, -0.2) is 26.2 Å². The second kappa shape index (κ2) is 11.4. The van der Waals surface area contributed by atoms with Crippen LogP contribution in [-0.2, 0) is 0 Å². The van der Waals surface area contributed by atoms with Crippen LogP contribution in [0.15, 0.2) is 0 Å². The van der Waals surface area contributed by atoms with Gasteiger partial charge >= 0.3 is 0 Å². The van der Waals surface area contributed by atoms with Gasteiger partial charge in [0.1, 0.15) is 0 Å². The Morgan fingerprint density at radius 2 is 0.875 bits per heavy atom. The predicted molar refractivity (Wildman–Crippen MR) is 74.0 cm³/mol. The van der Waals surface area contributed by atoms with E-state index >= 15 is 0 Å². The minimum atomic E-state index is 0.847. The van der Waals surface area contributed by atoms with Crippen molar-refractivity contribution in [3.63, 3.8) is 0 Å². The fourth-order valence-corrected chi connectivity index (χ4v) is 2.43. The molecule has 0 amide bonds. The van der Waals surface area contributed by atoms with E-state index < -0.39 is 0 Å². The summed E-state index contributed by atoms with van der Waals surface area (Å²) in [4.78, 5) is 0. The van der Waals surface area contributed by atoms with Crippen molar-refractivity contribution >= 4 is 0 Å². The first-order valence-corrected chi connectivity index (χ1v) is 7.21. The first kappa shape index (κ1) is 15.9. The highest BCUT2D eigenvalue weighted by molar-refractivity contribution is 4.71. The third-order valence-electron chi connectivity index (χ3n) is 3.53. The maximum atomic E-state index is 3.26. The van der Waals surface area contributed by atoms with E-state index in [1.54, 1.807) is 0 Å². The maximum Gasteiger partial charge on any atom is 0.00640 e. The fourth-order valence-electron chi connectivity index (χ4n) is 2.43. The van der Waals surface area contributed by atoms with Crippen LogP contribution in [0.3, 0.4) is 0 Å². The molecule has 0 aromatic carbocycles.